The standard InChI is InChI=1S/C15H21N3/c16-18-17-14-10-5-3-1-2-4-7-11-15-12-8-6-9-13-15/h2,4,6,8-9,12-13H,1,3,5,7,10-11,14H2. The number of hydrogen-bond acceptors (Lipinski definition) is 1. The number of benzene rings is 1. The van der Waals surface area contributed by atoms with E-state index in [1.165, 1.54) is 12.0 Å². The van der Waals surface area contributed by atoms with Gasteiger partial charge in [0.2, 0.25) is 0 Å². The number of unbranched alkanes of at least 4 members (excludes halogenated alkanes) is 3. The van der Waals surface area contributed by atoms with Gasteiger partial charge < -0.3 is 0 Å². The molecule has 96 valence electrons. The van der Waals surface area contributed by atoms with Gasteiger partial charge in [-0.3, -0.25) is 0 Å². The van der Waals surface area contributed by atoms with E-state index in [0.29, 0.717) is 6.54 Å². The van der Waals surface area contributed by atoms with Gasteiger partial charge in [0, 0.05) is 11.5 Å². The SMILES string of the molecule is [N-]=[N+]=NCCCCCC=CCCc1ccccc1. The molecule has 0 amide bonds. The zero-order valence-electron chi connectivity index (χ0n) is 10.8. The zero-order valence-corrected chi connectivity index (χ0v) is 10.8. The molecule has 1 aromatic rings. The van der Waals surface area contributed by atoms with E-state index in [-0.39, 0.29) is 0 Å². The summed E-state index contributed by atoms with van der Waals surface area (Å²) in [7, 11) is 0. The van der Waals surface area contributed by atoms with Crippen molar-refractivity contribution in [2.75, 3.05) is 6.54 Å². The highest BCUT2D eigenvalue weighted by atomic mass is 15.1. The second-order valence-corrected chi connectivity index (χ2v) is 4.30. The highest BCUT2D eigenvalue weighted by molar-refractivity contribution is 5.15. The molecule has 0 saturated heterocycles. The third kappa shape index (κ3) is 7.53. The predicted octanol–water partition coefficient (Wildman–Crippen LogP) is 5.05. The number of nitrogens with zero attached hydrogens (tertiary/aromatic N) is 3. The Bertz CT molecular complexity index is 378. The lowest BCUT2D eigenvalue weighted by Crippen LogP contribution is -1.82. The van der Waals surface area contributed by atoms with Gasteiger partial charge >= 0.3 is 0 Å². The molecule has 3 heteroatoms. The van der Waals surface area contributed by atoms with E-state index < -0.39 is 0 Å². The molecule has 0 spiro atoms. The van der Waals surface area contributed by atoms with Gasteiger partial charge in [-0.05, 0) is 43.2 Å². The molecule has 0 unspecified atom stereocenters. The van der Waals surface area contributed by atoms with Gasteiger partial charge in [0.25, 0.3) is 0 Å². The van der Waals surface area contributed by atoms with Crippen LogP contribution in [-0.2, 0) is 6.42 Å². The summed E-state index contributed by atoms with van der Waals surface area (Å²) in [4.78, 5) is 2.73. The van der Waals surface area contributed by atoms with Crippen molar-refractivity contribution in [1.82, 2.24) is 0 Å². The second-order valence-electron chi connectivity index (χ2n) is 4.30. The topological polar surface area (TPSA) is 48.8 Å². The molecule has 0 N–H and O–H groups in total. The average molecular weight is 243 g/mol. The van der Waals surface area contributed by atoms with E-state index in [2.05, 4.69) is 52.5 Å². The smallest absolute Gasteiger partial charge is 0.0257 e. The lowest BCUT2D eigenvalue weighted by Gasteiger charge is -1.97. The van der Waals surface area contributed by atoms with Crippen molar-refractivity contribution in [3.63, 3.8) is 0 Å². The van der Waals surface area contributed by atoms with Crippen LogP contribution in [0.4, 0.5) is 0 Å². The van der Waals surface area contributed by atoms with Gasteiger partial charge in [0.05, 0.1) is 0 Å². The Morgan fingerprint density at radius 1 is 1.00 bits per heavy atom. The number of allylic oxidation sites excluding steroid dienone is 2. The Morgan fingerprint density at radius 2 is 1.78 bits per heavy atom. The van der Waals surface area contributed by atoms with E-state index in [9.17, 15) is 0 Å². The van der Waals surface area contributed by atoms with Crippen LogP contribution in [0.3, 0.4) is 0 Å². The molecule has 0 atom stereocenters. The van der Waals surface area contributed by atoms with Crippen LogP contribution in [0.1, 0.15) is 37.7 Å². The van der Waals surface area contributed by atoms with Crippen LogP contribution in [-0.4, -0.2) is 6.54 Å². The molecule has 0 aliphatic heterocycles. The largest absolute Gasteiger partial charge is 0.0940 e. The monoisotopic (exact) mass is 243 g/mol. The molecular formula is C15H21N3. The Morgan fingerprint density at radius 3 is 2.56 bits per heavy atom. The first-order valence-corrected chi connectivity index (χ1v) is 6.63. The Hall–Kier alpha value is -1.73. The van der Waals surface area contributed by atoms with Crippen molar-refractivity contribution in [2.24, 2.45) is 5.11 Å². The number of hydrogen-bond donors (Lipinski definition) is 0. The molecule has 3 nitrogen and oxygen atoms in total. The second kappa shape index (κ2) is 10.4. The summed E-state index contributed by atoms with van der Waals surface area (Å²) >= 11 is 0. The molecule has 0 radical (unpaired) electrons. The van der Waals surface area contributed by atoms with Crippen LogP contribution in [0.2, 0.25) is 0 Å². The van der Waals surface area contributed by atoms with E-state index >= 15 is 0 Å². The fraction of sp³-hybridized carbons (Fsp3) is 0.467. The third-order valence-corrected chi connectivity index (χ3v) is 2.80. The summed E-state index contributed by atoms with van der Waals surface area (Å²) in [5.41, 5.74) is 9.51. The highest BCUT2D eigenvalue weighted by Crippen LogP contribution is 2.05. The average Bonchev–Trinajstić information content (AvgIpc) is 2.42. The Labute approximate surface area is 109 Å². The number of azide groups is 1. The summed E-state index contributed by atoms with van der Waals surface area (Å²) in [5, 5.41) is 3.52. The van der Waals surface area contributed by atoms with Crippen LogP contribution in [0.25, 0.3) is 10.4 Å². The van der Waals surface area contributed by atoms with Crippen molar-refractivity contribution in [3.05, 3.63) is 58.5 Å². The normalized spacial score (nSPS) is 10.4. The molecule has 0 heterocycles. The third-order valence-electron chi connectivity index (χ3n) is 2.80. The first-order chi connectivity index (χ1) is 8.93. The van der Waals surface area contributed by atoms with Crippen molar-refractivity contribution in [1.29, 1.82) is 0 Å². The molecule has 0 aliphatic rings. The van der Waals surface area contributed by atoms with Crippen LogP contribution < -0.4 is 0 Å². The maximum Gasteiger partial charge on any atom is 0.0257 e. The van der Waals surface area contributed by atoms with Crippen molar-refractivity contribution in [3.8, 4) is 0 Å². The van der Waals surface area contributed by atoms with Gasteiger partial charge in [-0.2, -0.15) is 0 Å². The molecule has 18 heavy (non-hydrogen) atoms. The maximum atomic E-state index is 8.11. The van der Waals surface area contributed by atoms with Crippen LogP contribution >= 0.6 is 0 Å². The first-order valence-electron chi connectivity index (χ1n) is 6.63. The quantitative estimate of drug-likeness (QED) is 0.192. The lowest BCUT2D eigenvalue weighted by molar-refractivity contribution is 0.693. The van der Waals surface area contributed by atoms with Gasteiger partial charge in [0.15, 0.2) is 0 Å². The summed E-state index contributed by atoms with van der Waals surface area (Å²) in [6, 6.07) is 10.6. The minimum Gasteiger partial charge on any atom is -0.0940 e. The van der Waals surface area contributed by atoms with Gasteiger partial charge in [0.1, 0.15) is 0 Å². The van der Waals surface area contributed by atoms with Crippen LogP contribution in [0.15, 0.2) is 47.6 Å². The fourth-order valence-electron chi connectivity index (χ4n) is 1.80. The van der Waals surface area contributed by atoms with Crippen molar-refractivity contribution >= 4 is 0 Å². The van der Waals surface area contributed by atoms with Crippen LogP contribution in [0.5, 0.6) is 0 Å². The van der Waals surface area contributed by atoms with E-state index in [1.807, 2.05) is 0 Å². The van der Waals surface area contributed by atoms with Crippen molar-refractivity contribution in [2.45, 2.75) is 38.5 Å². The van der Waals surface area contributed by atoms with E-state index in [4.69, 9.17) is 5.53 Å². The lowest BCUT2D eigenvalue weighted by atomic mass is 10.1. The summed E-state index contributed by atoms with van der Waals surface area (Å²) in [6.07, 6.45) is 11.2. The van der Waals surface area contributed by atoms with Crippen molar-refractivity contribution < 1.29 is 0 Å². The first kappa shape index (κ1) is 14.3. The minimum absolute atomic E-state index is 0.633. The fourth-order valence-corrected chi connectivity index (χ4v) is 1.80. The van der Waals surface area contributed by atoms with E-state index in [0.717, 1.165) is 32.1 Å². The number of rotatable bonds is 9. The summed E-state index contributed by atoms with van der Waals surface area (Å²) in [5.74, 6) is 0. The maximum absolute atomic E-state index is 8.11. The Kier molecular flexibility index (Phi) is 8.30. The van der Waals surface area contributed by atoms with Gasteiger partial charge in [-0.15, -0.1) is 0 Å². The molecule has 1 aromatic carbocycles. The molecule has 0 saturated carbocycles. The summed E-state index contributed by atoms with van der Waals surface area (Å²) in [6.45, 7) is 0.633. The predicted molar refractivity (Wildman–Crippen MR) is 76.4 cm³/mol. The minimum atomic E-state index is 0.633. The molecule has 0 fully saturated rings. The molecule has 1 rings (SSSR count). The Balaban J connectivity index is 1.96. The molecular weight excluding hydrogens is 222 g/mol. The van der Waals surface area contributed by atoms with Gasteiger partial charge in [-0.1, -0.05) is 54.0 Å². The van der Waals surface area contributed by atoms with Crippen LogP contribution in [0, 0.1) is 0 Å². The number of aryl methyl sites for hydroxylation is 1. The summed E-state index contributed by atoms with van der Waals surface area (Å²) < 4.78 is 0. The zero-order chi connectivity index (χ0) is 12.9. The molecule has 0 aliphatic carbocycles. The molecule has 0 aromatic heterocycles. The van der Waals surface area contributed by atoms with E-state index in [1.54, 1.807) is 0 Å². The van der Waals surface area contributed by atoms with Gasteiger partial charge in [-0.25, -0.2) is 0 Å². The molecule has 0 bridgehead atoms. The highest BCUT2D eigenvalue weighted by Gasteiger charge is 1.89.